The van der Waals surface area contributed by atoms with Gasteiger partial charge in [-0.3, -0.25) is 13.8 Å². The summed E-state index contributed by atoms with van der Waals surface area (Å²) in [6.45, 7) is 2.02. The maximum Gasteiger partial charge on any atom is 0.123 e. The fourth-order valence-electron chi connectivity index (χ4n) is 2.74. The van der Waals surface area contributed by atoms with Gasteiger partial charge in [0.05, 0.1) is 6.20 Å². The summed E-state index contributed by atoms with van der Waals surface area (Å²) in [4.78, 5) is 2.28. The van der Waals surface area contributed by atoms with Gasteiger partial charge in [-0.1, -0.05) is 0 Å². The second-order valence-electron chi connectivity index (χ2n) is 5.61. The van der Waals surface area contributed by atoms with E-state index in [2.05, 4.69) is 10.00 Å². The molecule has 0 bridgehead atoms. The molecule has 23 heavy (non-hydrogen) atoms. The molecule has 1 aliphatic heterocycles. The molecule has 0 saturated carbocycles. The van der Waals surface area contributed by atoms with Gasteiger partial charge in [0.15, 0.2) is 0 Å². The maximum absolute atomic E-state index is 12.9. The molecule has 0 N–H and O–H groups in total. The van der Waals surface area contributed by atoms with Gasteiger partial charge >= 0.3 is 0 Å². The average Bonchev–Trinajstić information content (AvgIpc) is 2.97. The van der Waals surface area contributed by atoms with Crippen molar-refractivity contribution >= 4 is 10.8 Å². The number of hydrogen-bond acceptors (Lipinski definition) is 4. The first-order valence-corrected chi connectivity index (χ1v) is 9.06. The van der Waals surface area contributed by atoms with E-state index in [1.807, 2.05) is 19.4 Å². The zero-order valence-corrected chi connectivity index (χ0v) is 13.8. The van der Waals surface area contributed by atoms with Gasteiger partial charge in [0.2, 0.25) is 0 Å². The number of aryl methyl sites for hydroxylation is 1. The lowest BCUT2D eigenvalue weighted by Gasteiger charge is -2.34. The number of halogens is 1. The molecule has 0 spiro atoms. The molecule has 124 valence electrons. The lowest BCUT2D eigenvalue weighted by Crippen LogP contribution is -2.42. The van der Waals surface area contributed by atoms with Crippen molar-refractivity contribution in [1.29, 1.82) is 0 Å². The van der Waals surface area contributed by atoms with Gasteiger partial charge in [-0.15, -0.1) is 0 Å². The second-order valence-corrected chi connectivity index (χ2v) is 7.23. The highest BCUT2D eigenvalue weighted by Gasteiger charge is 2.28. The molecule has 0 aliphatic carbocycles. The summed E-state index contributed by atoms with van der Waals surface area (Å²) in [7, 11) is 1.09. The Morgan fingerprint density at radius 2 is 2.17 bits per heavy atom. The molecule has 1 fully saturated rings. The Balaban J connectivity index is 1.60. The van der Waals surface area contributed by atoms with Crippen molar-refractivity contribution in [3.05, 3.63) is 48.0 Å². The lowest BCUT2D eigenvalue weighted by atomic mass is 10.1. The standard InChI is InChI=1S/C16H20FN3O2S/c1-19-11-13(10-18-19)16-12-23(21)9-7-20(16)6-8-22-15-4-2-14(17)3-5-15/h2-5,10-11,16H,6-9,12H2,1H3/t16-,23+/m0/s1. The van der Waals surface area contributed by atoms with E-state index < -0.39 is 10.8 Å². The van der Waals surface area contributed by atoms with Crippen LogP contribution in [0.1, 0.15) is 11.6 Å². The summed E-state index contributed by atoms with van der Waals surface area (Å²) < 4.78 is 32.2. The van der Waals surface area contributed by atoms with Gasteiger partial charge in [0, 0.05) is 60.2 Å². The van der Waals surface area contributed by atoms with Gasteiger partial charge < -0.3 is 4.74 Å². The van der Waals surface area contributed by atoms with Gasteiger partial charge in [-0.05, 0) is 24.3 Å². The molecule has 1 aliphatic rings. The summed E-state index contributed by atoms with van der Waals surface area (Å²) in [5, 5.41) is 4.21. The van der Waals surface area contributed by atoms with E-state index in [0.29, 0.717) is 23.9 Å². The van der Waals surface area contributed by atoms with E-state index in [1.165, 1.54) is 12.1 Å². The summed E-state index contributed by atoms with van der Waals surface area (Å²) in [6, 6.07) is 6.13. The summed E-state index contributed by atoms with van der Waals surface area (Å²) in [5.41, 5.74) is 1.09. The van der Waals surface area contributed by atoms with Gasteiger partial charge in [-0.2, -0.15) is 5.10 Å². The molecular formula is C16H20FN3O2S. The Labute approximate surface area is 137 Å². The molecule has 5 nitrogen and oxygen atoms in total. The van der Waals surface area contributed by atoms with Crippen molar-refractivity contribution in [2.75, 3.05) is 31.2 Å². The molecular weight excluding hydrogens is 317 g/mol. The van der Waals surface area contributed by atoms with E-state index in [0.717, 1.165) is 18.7 Å². The van der Waals surface area contributed by atoms with Crippen molar-refractivity contribution in [3.8, 4) is 5.75 Å². The fraction of sp³-hybridized carbons (Fsp3) is 0.438. The molecule has 1 saturated heterocycles. The molecule has 2 heterocycles. The van der Waals surface area contributed by atoms with Crippen LogP contribution in [0.5, 0.6) is 5.75 Å². The van der Waals surface area contributed by atoms with Crippen LogP contribution in [-0.2, 0) is 17.8 Å². The Bertz CT molecular complexity index is 674. The average molecular weight is 337 g/mol. The van der Waals surface area contributed by atoms with Crippen molar-refractivity contribution in [1.82, 2.24) is 14.7 Å². The third-order valence-corrected chi connectivity index (χ3v) is 5.29. The topological polar surface area (TPSA) is 47.4 Å². The molecule has 1 aromatic heterocycles. The predicted molar refractivity (Wildman–Crippen MR) is 87.3 cm³/mol. The van der Waals surface area contributed by atoms with Crippen LogP contribution in [0, 0.1) is 5.82 Å². The number of hydrogen-bond donors (Lipinski definition) is 0. The van der Waals surface area contributed by atoms with Crippen LogP contribution < -0.4 is 4.74 Å². The number of rotatable bonds is 5. The van der Waals surface area contributed by atoms with Crippen molar-refractivity contribution in [3.63, 3.8) is 0 Å². The SMILES string of the molecule is Cn1cc([C@@H]2C[S@](=O)CCN2CCOc2ccc(F)cc2)cn1. The van der Waals surface area contributed by atoms with Crippen molar-refractivity contribution in [2.24, 2.45) is 7.05 Å². The van der Waals surface area contributed by atoms with Crippen molar-refractivity contribution in [2.45, 2.75) is 6.04 Å². The number of ether oxygens (including phenoxy) is 1. The number of benzene rings is 1. The quantitative estimate of drug-likeness (QED) is 0.834. The first-order chi connectivity index (χ1) is 11.1. The molecule has 1 aromatic carbocycles. The van der Waals surface area contributed by atoms with Crippen LogP contribution in [0.4, 0.5) is 4.39 Å². The highest BCUT2D eigenvalue weighted by molar-refractivity contribution is 7.85. The normalized spacial score (nSPS) is 22.2. The Morgan fingerprint density at radius 3 is 2.87 bits per heavy atom. The van der Waals surface area contributed by atoms with Crippen LogP contribution in [0.3, 0.4) is 0 Å². The van der Waals surface area contributed by atoms with Crippen LogP contribution in [0.25, 0.3) is 0 Å². The monoisotopic (exact) mass is 337 g/mol. The molecule has 7 heteroatoms. The van der Waals surface area contributed by atoms with E-state index >= 15 is 0 Å². The highest BCUT2D eigenvalue weighted by Crippen LogP contribution is 2.24. The molecule has 0 unspecified atom stereocenters. The third kappa shape index (κ3) is 4.17. The Hall–Kier alpha value is -1.73. The van der Waals surface area contributed by atoms with Crippen LogP contribution >= 0.6 is 0 Å². The molecule has 2 atom stereocenters. The summed E-state index contributed by atoms with van der Waals surface area (Å²) in [6.07, 6.45) is 3.81. The summed E-state index contributed by atoms with van der Waals surface area (Å²) >= 11 is 0. The van der Waals surface area contributed by atoms with E-state index in [1.54, 1.807) is 16.8 Å². The first-order valence-electron chi connectivity index (χ1n) is 7.58. The smallest absolute Gasteiger partial charge is 0.123 e. The van der Waals surface area contributed by atoms with Gasteiger partial charge in [0.25, 0.3) is 0 Å². The van der Waals surface area contributed by atoms with Gasteiger partial charge in [0.1, 0.15) is 18.2 Å². The maximum atomic E-state index is 12.9. The largest absolute Gasteiger partial charge is 0.492 e. The second kappa shape index (κ2) is 7.23. The van der Waals surface area contributed by atoms with E-state index in [-0.39, 0.29) is 11.9 Å². The predicted octanol–water partition coefficient (Wildman–Crippen LogP) is 1.74. The van der Waals surface area contributed by atoms with Crippen LogP contribution in [0.15, 0.2) is 36.7 Å². The van der Waals surface area contributed by atoms with Crippen LogP contribution in [0.2, 0.25) is 0 Å². The first kappa shape index (κ1) is 16.1. The minimum Gasteiger partial charge on any atom is -0.492 e. The zero-order chi connectivity index (χ0) is 16.2. The number of aromatic nitrogens is 2. The molecule has 3 rings (SSSR count). The minimum absolute atomic E-state index is 0.107. The molecule has 0 radical (unpaired) electrons. The summed E-state index contributed by atoms with van der Waals surface area (Å²) in [5.74, 6) is 1.70. The van der Waals surface area contributed by atoms with Crippen LogP contribution in [-0.4, -0.2) is 50.1 Å². The lowest BCUT2D eigenvalue weighted by molar-refractivity contribution is 0.173. The fourth-order valence-corrected chi connectivity index (χ4v) is 4.10. The minimum atomic E-state index is -0.788. The number of nitrogens with zero attached hydrogens (tertiary/aromatic N) is 3. The third-order valence-electron chi connectivity index (χ3n) is 3.96. The molecule has 0 amide bonds. The molecule has 2 aromatic rings. The Kier molecular flexibility index (Phi) is 5.07. The van der Waals surface area contributed by atoms with Crippen molar-refractivity contribution < 1.29 is 13.3 Å². The zero-order valence-electron chi connectivity index (χ0n) is 13.0. The van der Waals surface area contributed by atoms with E-state index in [4.69, 9.17) is 4.74 Å². The highest BCUT2D eigenvalue weighted by atomic mass is 32.2. The van der Waals surface area contributed by atoms with Gasteiger partial charge in [-0.25, -0.2) is 4.39 Å². The Morgan fingerprint density at radius 1 is 1.39 bits per heavy atom. The van der Waals surface area contributed by atoms with E-state index in [9.17, 15) is 8.60 Å².